The summed E-state index contributed by atoms with van der Waals surface area (Å²) in [5.41, 5.74) is 0.280. The van der Waals surface area contributed by atoms with E-state index >= 15 is 0 Å². The highest BCUT2D eigenvalue weighted by Crippen LogP contribution is 2.31. The first-order valence-corrected chi connectivity index (χ1v) is 6.31. The van der Waals surface area contributed by atoms with Gasteiger partial charge in [0.15, 0.2) is 5.03 Å². The van der Waals surface area contributed by atoms with Crippen molar-refractivity contribution in [1.29, 1.82) is 0 Å². The molecular formula is C10H15N3O4S. The summed E-state index contributed by atoms with van der Waals surface area (Å²) in [6.45, 7) is 5.06. The number of esters is 1. The van der Waals surface area contributed by atoms with Crippen molar-refractivity contribution < 1.29 is 14.5 Å². The van der Waals surface area contributed by atoms with Gasteiger partial charge in [0.25, 0.3) is 0 Å². The molecule has 0 unspecified atom stereocenters. The zero-order valence-electron chi connectivity index (χ0n) is 10.7. The molecule has 0 aromatic carbocycles. The van der Waals surface area contributed by atoms with Crippen LogP contribution in [0.5, 0.6) is 0 Å². The van der Waals surface area contributed by atoms with Crippen molar-refractivity contribution >= 4 is 23.4 Å². The number of carbonyl (C=O) groups is 1. The molecule has 0 amide bonds. The summed E-state index contributed by atoms with van der Waals surface area (Å²) in [4.78, 5) is 21.8. The molecule has 1 aromatic rings. The average Bonchev–Trinajstić information content (AvgIpc) is 2.49. The maximum Gasteiger partial charge on any atom is 0.323 e. The minimum Gasteiger partial charge on any atom is -0.462 e. The normalized spacial score (nSPS) is 10.7. The minimum absolute atomic E-state index is 0.0258. The Kier molecular flexibility index (Phi) is 4.71. The molecule has 8 heteroatoms. The van der Waals surface area contributed by atoms with Gasteiger partial charge in [0.2, 0.25) is 0 Å². The standard InChI is InChI=1S/C10H15N3O4S/c1-6(2)17-8(14)5-18-10-9(13(15)16)7(3)11-12(10)4/h6H,5H2,1-4H3. The average molecular weight is 273 g/mol. The molecule has 0 bridgehead atoms. The molecule has 100 valence electrons. The Hall–Kier alpha value is -1.57. The van der Waals surface area contributed by atoms with E-state index < -0.39 is 10.9 Å². The summed E-state index contributed by atoms with van der Waals surface area (Å²) in [6, 6.07) is 0. The molecule has 0 aliphatic carbocycles. The van der Waals surface area contributed by atoms with Crippen molar-refractivity contribution in [3.8, 4) is 0 Å². The Morgan fingerprint density at radius 2 is 2.22 bits per heavy atom. The molecule has 0 radical (unpaired) electrons. The van der Waals surface area contributed by atoms with Gasteiger partial charge in [-0.1, -0.05) is 11.8 Å². The van der Waals surface area contributed by atoms with Gasteiger partial charge < -0.3 is 4.74 Å². The molecule has 1 rings (SSSR count). The smallest absolute Gasteiger partial charge is 0.323 e. The van der Waals surface area contributed by atoms with Crippen molar-refractivity contribution in [1.82, 2.24) is 9.78 Å². The molecule has 18 heavy (non-hydrogen) atoms. The third-order valence-electron chi connectivity index (χ3n) is 2.02. The molecule has 0 atom stereocenters. The Balaban J connectivity index is 2.79. The Labute approximate surface area is 109 Å². The van der Waals surface area contributed by atoms with Gasteiger partial charge in [-0.05, 0) is 20.8 Å². The number of hydrogen-bond donors (Lipinski definition) is 0. The number of aromatic nitrogens is 2. The van der Waals surface area contributed by atoms with E-state index in [9.17, 15) is 14.9 Å². The van der Waals surface area contributed by atoms with Crippen molar-refractivity contribution in [2.24, 2.45) is 7.05 Å². The van der Waals surface area contributed by atoms with E-state index in [-0.39, 0.29) is 17.5 Å². The Morgan fingerprint density at radius 1 is 1.61 bits per heavy atom. The van der Waals surface area contributed by atoms with E-state index in [0.29, 0.717) is 10.7 Å². The lowest BCUT2D eigenvalue weighted by Crippen LogP contribution is -2.13. The first kappa shape index (κ1) is 14.5. The zero-order valence-corrected chi connectivity index (χ0v) is 11.5. The summed E-state index contributed by atoms with van der Waals surface area (Å²) in [7, 11) is 1.61. The van der Waals surface area contributed by atoms with Crippen LogP contribution in [0.4, 0.5) is 5.69 Å². The highest BCUT2D eigenvalue weighted by molar-refractivity contribution is 8.00. The number of carbonyl (C=O) groups excluding carboxylic acids is 1. The number of hydrogen-bond acceptors (Lipinski definition) is 6. The number of ether oxygens (including phenoxy) is 1. The molecule has 1 heterocycles. The van der Waals surface area contributed by atoms with E-state index in [4.69, 9.17) is 4.74 Å². The highest BCUT2D eigenvalue weighted by atomic mass is 32.2. The van der Waals surface area contributed by atoms with Gasteiger partial charge in [-0.15, -0.1) is 0 Å². The van der Waals surface area contributed by atoms with Crippen LogP contribution in [0.3, 0.4) is 0 Å². The van der Waals surface area contributed by atoms with Gasteiger partial charge in [0.1, 0.15) is 5.69 Å². The molecular weight excluding hydrogens is 258 g/mol. The molecule has 0 fully saturated rings. The molecule has 7 nitrogen and oxygen atoms in total. The monoisotopic (exact) mass is 273 g/mol. The van der Waals surface area contributed by atoms with Crippen LogP contribution in [0, 0.1) is 17.0 Å². The summed E-state index contributed by atoms with van der Waals surface area (Å²) in [5.74, 6) is -0.374. The molecule has 0 spiro atoms. The van der Waals surface area contributed by atoms with Crippen LogP contribution in [0.2, 0.25) is 0 Å². The van der Waals surface area contributed by atoms with E-state index in [1.165, 1.54) is 4.68 Å². The fourth-order valence-electron chi connectivity index (χ4n) is 1.42. The van der Waals surface area contributed by atoms with Crippen LogP contribution in [0.25, 0.3) is 0 Å². The zero-order chi connectivity index (χ0) is 13.9. The molecule has 0 aliphatic heterocycles. The van der Waals surface area contributed by atoms with Crippen molar-refractivity contribution in [3.05, 3.63) is 15.8 Å². The Bertz CT molecular complexity index is 470. The third-order valence-corrected chi connectivity index (χ3v) is 3.13. The van der Waals surface area contributed by atoms with Crippen LogP contribution in [0.1, 0.15) is 19.5 Å². The quantitative estimate of drug-likeness (QED) is 0.351. The molecule has 0 saturated carbocycles. The lowest BCUT2D eigenvalue weighted by Gasteiger charge is -2.07. The van der Waals surface area contributed by atoms with Crippen LogP contribution < -0.4 is 0 Å². The van der Waals surface area contributed by atoms with Crippen LogP contribution in [-0.4, -0.2) is 32.5 Å². The fourth-order valence-corrected chi connectivity index (χ4v) is 2.33. The largest absolute Gasteiger partial charge is 0.462 e. The number of rotatable bonds is 5. The highest BCUT2D eigenvalue weighted by Gasteiger charge is 2.25. The SMILES string of the molecule is Cc1nn(C)c(SCC(=O)OC(C)C)c1[N+](=O)[O-]. The minimum atomic E-state index is -0.488. The first-order chi connectivity index (χ1) is 8.32. The van der Waals surface area contributed by atoms with Crippen LogP contribution in [0.15, 0.2) is 5.03 Å². The van der Waals surface area contributed by atoms with Gasteiger partial charge >= 0.3 is 11.7 Å². The summed E-state index contributed by atoms with van der Waals surface area (Å²) in [6.07, 6.45) is -0.193. The van der Waals surface area contributed by atoms with Crippen LogP contribution in [-0.2, 0) is 16.6 Å². The van der Waals surface area contributed by atoms with E-state index in [1.54, 1.807) is 27.8 Å². The predicted octanol–water partition coefficient (Wildman–Crippen LogP) is 1.68. The van der Waals surface area contributed by atoms with E-state index in [2.05, 4.69) is 5.10 Å². The summed E-state index contributed by atoms with van der Waals surface area (Å²) in [5, 5.41) is 15.2. The second-order valence-corrected chi connectivity index (χ2v) is 4.91. The molecule has 0 saturated heterocycles. The van der Waals surface area contributed by atoms with Gasteiger partial charge in [0, 0.05) is 7.05 Å². The topological polar surface area (TPSA) is 87.3 Å². The van der Waals surface area contributed by atoms with Gasteiger partial charge in [-0.25, -0.2) is 0 Å². The molecule has 1 aromatic heterocycles. The molecule has 0 aliphatic rings. The maximum absolute atomic E-state index is 11.4. The molecule has 0 N–H and O–H groups in total. The van der Waals surface area contributed by atoms with Crippen molar-refractivity contribution in [3.63, 3.8) is 0 Å². The second kappa shape index (κ2) is 5.85. The third kappa shape index (κ3) is 3.46. The van der Waals surface area contributed by atoms with Gasteiger partial charge in [-0.3, -0.25) is 19.6 Å². The number of thioether (sulfide) groups is 1. The van der Waals surface area contributed by atoms with Gasteiger partial charge in [-0.2, -0.15) is 5.10 Å². The summed E-state index contributed by atoms with van der Waals surface area (Å²) < 4.78 is 6.36. The number of nitro groups is 1. The lowest BCUT2D eigenvalue weighted by atomic mass is 10.4. The van der Waals surface area contributed by atoms with Crippen LogP contribution >= 0.6 is 11.8 Å². The van der Waals surface area contributed by atoms with Crippen molar-refractivity contribution in [2.45, 2.75) is 31.9 Å². The predicted molar refractivity (Wildman–Crippen MR) is 66.6 cm³/mol. The van der Waals surface area contributed by atoms with E-state index in [0.717, 1.165) is 11.8 Å². The second-order valence-electron chi connectivity index (χ2n) is 3.95. The lowest BCUT2D eigenvalue weighted by molar-refractivity contribution is -0.388. The number of nitrogens with zero attached hydrogens (tertiary/aromatic N) is 3. The maximum atomic E-state index is 11.4. The van der Waals surface area contributed by atoms with Gasteiger partial charge in [0.05, 0.1) is 16.8 Å². The van der Waals surface area contributed by atoms with Crippen molar-refractivity contribution in [2.75, 3.05) is 5.75 Å². The first-order valence-electron chi connectivity index (χ1n) is 5.33. The van der Waals surface area contributed by atoms with E-state index in [1.807, 2.05) is 0 Å². The summed E-state index contributed by atoms with van der Waals surface area (Å²) >= 11 is 1.06. The fraction of sp³-hybridized carbons (Fsp3) is 0.600. The number of aryl methyl sites for hydroxylation is 2. The Morgan fingerprint density at radius 3 is 2.72 bits per heavy atom.